The summed E-state index contributed by atoms with van der Waals surface area (Å²) in [6.07, 6.45) is 2.22. The third-order valence-electron chi connectivity index (χ3n) is 5.49. The zero-order chi connectivity index (χ0) is 23.3. The average molecular weight is 442 g/mol. The minimum atomic E-state index is -0.338. The molecular weight excluding hydrogens is 410 g/mol. The molecule has 2 aromatic heterocycles. The van der Waals surface area contributed by atoms with Gasteiger partial charge in [-0.3, -0.25) is 18.7 Å². The molecule has 0 saturated carbocycles. The normalized spacial score (nSPS) is 12.1. The molecule has 0 aliphatic heterocycles. The highest BCUT2D eigenvalue weighted by molar-refractivity contribution is 5.74. The molecule has 9 nitrogen and oxygen atoms in total. The first-order chi connectivity index (χ1) is 15.4. The Morgan fingerprint density at radius 1 is 1.09 bits per heavy atom. The molecule has 9 heteroatoms. The van der Waals surface area contributed by atoms with E-state index in [1.54, 1.807) is 4.57 Å². The number of benzene rings is 1. The van der Waals surface area contributed by atoms with E-state index in [4.69, 9.17) is 4.98 Å². The number of nitrogens with one attached hydrogen (secondary N) is 2. The van der Waals surface area contributed by atoms with Crippen LogP contribution in [0.4, 0.5) is 5.69 Å². The van der Waals surface area contributed by atoms with Gasteiger partial charge in [0.25, 0.3) is 5.56 Å². The van der Waals surface area contributed by atoms with Crippen molar-refractivity contribution in [3.05, 3.63) is 56.5 Å². The molecule has 0 spiro atoms. The lowest BCUT2D eigenvalue weighted by Gasteiger charge is -2.13. The summed E-state index contributed by atoms with van der Waals surface area (Å²) in [4.78, 5) is 45.1. The minimum Gasteiger partial charge on any atom is -0.468 e. The van der Waals surface area contributed by atoms with Crippen molar-refractivity contribution in [3.63, 3.8) is 0 Å². The van der Waals surface area contributed by atoms with E-state index in [0.29, 0.717) is 36.5 Å². The molecule has 1 aromatic carbocycles. The summed E-state index contributed by atoms with van der Waals surface area (Å²) in [6.45, 7) is 6.95. The van der Waals surface area contributed by atoms with E-state index in [1.165, 1.54) is 11.7 Å². The number of esters is 1. The summed E-state index contributed by atoms with van der Waals surface area (Å²) >= 11 is 0. The molecule has 0 saturated heterocycles. The Labute approximate surface area is 186 Å². The summed E-state index contributed by atoms with van der Waals surface area (Å²) in [7, 11) is 1.35. The number of methoxy groups -OCH3 is 1. The number of aromatic amines is 1. The summed E-state index contributed by atoms with van der Waals surface area (Å²) in [6, 6.07) is 7.72. The van der Waals surface area contributed by atoms with Crippen molar-refractivity contribution in [3.8, 4) is 0 Å². The van der Waals surface area contributed by atoms with Crippen LogP contribution in [-0.2, 0) is 22.6 Å². The highest BCUT2D eigenvalue weighted by atomic mass is 16.5. The topological polar surface area (TPSA) is 111 Å². The number of H-pyrrole nitrogens is 1. The second kappa shape index (κ2) is 10.3. The number of aryl methyl sites for hydroxylation is 1. The fourth-order valence-electron chi connectivity index (χ4n) is 3.86. The molecule has 1 unspecified atom stereocenters. The Morgan fingerprint density at radius 3 is 2.34 bits per heavy atom. The molecule has 172 valence electrons. The van der Waals surface area contributed by atoms with Gasteiger partial charge in [-0.15, -0.1) is 0 Å². The van der Waals surface area contributed by atoms with Crippen LogP contribution in [0.25, 0.3) is 11.2 Å². The van der Waals surface area contributed by atoms with Crippen molar-refractivity contribution in [2.45, 2.75) is 59.0 Å². The number of rotatable bonds is 10. The summed E-state index contributed by atoms with van der Waals surface area (Å²) in [5.41, 5.74) is 1.98. The Bertz CT molecular complexity index is 1190. The number of fused-ring (bicyclic) bond motifs is 1. The van der Waals surface area contributed by atoms with Crippen LogP contribution < -0.4 is 16.6 Å². The summed E-state index contributed by atoms with van der Waals surface area (Å²) in [5.74, 6) is 0.254. The zero-order valence-electron chi connectivity index (χ0n) is 19.1. The van der Waals surface area contributed by atoms with Crippen molar-refractivity contribution in [2.75, 3.05) is 19.0 Å². The number of imidazole rings is 1. The first kappa shape index (κ1) is 23.3. The van der Waals surface area contributed by atoms with Crippen LogP contribution in [0.3, 0.4) is 0 Å². The molecule has 0 amide bonds. The van der Waals surface area contributed by atoms with Crippen LogP contribution in [0.2, 0.25) is 0 Å². The van der Waals surface area contributed by atoms with Crippen molar-refractivity contribution in [2.24, 2.45) is 0 Å². The van der Waals surface area contributed by atoms with Gasteiger partial charge in [-0.1, -0.05) is 32.9 Å². The minimum absolute atomic E-state index is 0.0683. The molecule has 0 bridgehead atoms. The van der Waals surface area contributed by atoms with Gasteiger partial charge in [0.15, 0.2) is 5.65 Å². The van der Waals surface area contributed by atoms with E-state index < -0.39 is 0 Å². The third-order valence-corrected chi connectivity index (χ3v) is 5.49. The Hall–Kier alpha value is -3.36. The number of carbonyl (C=O) groups is 1. The molecule has 0 aliphatic rings. The highest BCUT2D eigenvalue weighted by Crippen LogP contribution is 2.28. The molecule has 3 aromatic rings. The number of nitrogens with zero attached hydrogens (tertiary/aromatic N) is 3. The second-order valence-corrected chi connectivity index (χ2v) is 7.72. The van der Waals surface area contributed by atoms with Crippen LogP contribution in [0.5, 0.6) is 0 Å². The van der Waals surface area contributed by atoms with Crippen LogP contribution >= 0.6 is 0 Å². The van der Waals surface area contributed by atoms with E-state index in [9.17, 15) is 14.4 Å². The average Bonchev–Trinajstić information content (AvgIpc) is 3.24. The van der Waals surface area contributed by atoms with Crippen LogP contribution in [0.1, 0.15) is 57.3 Å². The maximum atomic E-state index is 13.0. The molecular formula is C23H31N5O4. The fourth-order valence-corrected chi connectivity index (χ4v) is 3.86. The smallest absolute Gasteiger partial charge is 0.332 e. The van der Waals surface area contributed by atoms with Gasteiger partial charge in [0.2, 0.25) is 0 Å². The van der Waals surface area contributed by atoms with Gasteiger partial charge in [-0.2, -0.15) is 0 Å². The van der Waals surface area contributed by atoms with Gasteiger partial charge in [-0.25, -0.2) is 9.78 Å². The predicted octanol–water partition coefficient (Wildman–Crippen LogP) is 2.83. The largest absolute Gasteiger partial charge is 0.468 e. The summed E-state index contributed by atoms with van der Waals surface area (Å²) < 4.78 is 7.53. The Morgan fingerprint density at radius 2 is 1.75 bits per heavy atom. The predicted molar refractivity (Wildman–Crippen MR) is 124 cm³/mol. The number of carbonyl (C=O) groups excluding carboxylic acids is 1. The quantitative estimate of drug-likeness (QED) is 0.468. The van der Waals surface area contributed by atoms with Gasteiger partial charge < -0.3 is 15.0 Å². The van der Waals surface area contributed by atoms with Gasteiger partial charge in [-0.05, 0) is 37.0 Å². The zero-order valence-corrected chi connectivity index (χ0v) is 19.1. The number of aromatic nitrogens is 4. The Kier molecular flexibility index (Phi) is 7.50. The number of anilines is 1. The number of ether oxygens (including phenoxy) is 1. The van der Waals surface area contributed by atoms with Gasteiger partial charge >= 0.3 is 11.7 Å². The first-order valence-corrected chi connectivity index (χ1v) is 11.1. The maximum Gasteiger partial charge on any atom is 0.332 e. The van der Waals surface area contributed by atoms with Crippen molar-refractivity contribution < 1.29 is 9.53 Å². The van der Waals surface area contributed by atoms with Crippen molar-refractivity contribution >= 4 is 22.8 Å². The van der Waals surface area contributed by atoms with E-state index in [0.717, 1.165) is 24.1 Å². The lowest BCUT2D eigenvalue weighted by atomic mass is 9.95. The molecule has 0 aliphatic carbocycles. The third kappa shape index (κ3) is 4.61. The number of hydrogen-bond donors (Lipinski definition) is 2. The molecule has 0 fully saturated rings. The van der Waals surface area contributed by atoms with Crippen molar-refractivity contribution in [1.82, 2.24) is 19.1 Å². The molecule has 2 heterocycles. The fraction of sp³-hybridized carbons (Fsp3) is 0.478. The van der Waals surface area contributed by atoms with Gasteiger partial charge in [0.05, 0.1) is 7.11 Å². The number of hydrogen-bond acceptors (Lipinski definition) is 6. The molecule has 2 N–H and O–H groups in total. The Balaban J connectivity index is 2.01. The van der Waals surface area contributed by atoms with Crippen LogP contribution in [0, 0.1) is 0 Å². The summed E-state index contributed by atoms with van der Waals surface area (Å²) in [5, 5.41) is 3.01. The standard InChI is InChI=1S/C23H31N5O4/c1-5-12-27-21-19(22(30)28(13-6-2)23(27)31)25-20(26-21)17(7-3)15-8-10-16(11-9-15)24-14-18(29)32-4/h8-11,17,24H,5-7,12-14H2,1-4H3,(H,25,26). The van der Waals surface area contributed by atoms with Crippen molar-refractivity contribution in [1.29, 1.82) is 0 Å². The van der Waals surface area contributed by atoms with Crippen LogP contribution in [0.15, 0.2) is 33.9 Å². The molecule has 3 rings (SSSR count). The van der Waals surface area contributed by atoms with E-state index >= 15 is 0 Å². The van der Waals surface area contributed by atoms with Crippen LogP contribution in [-0.4, -0.2) is 38.7 Å². The monoisotopic (exact) mass is 441 g/mol. The SMILES string of the molecule is CCCn1c(=O)c2[nH]c(C(CC)c3ccc(NCC(=O)OC)cc3)nc2n(CCC)c1=O. The highest BCUT2D eigenvalue weighted by Gasteiger charge is 2.21. The van der Waals surface area contributed by atoms with E-state index in [-0.39, 0.29) is 29.7 Å². The second-order valence-electron chi connectivity index (χ2n) is 7.72. The lowest BCUT2D eigenvalue weighted by molar-refractivity contribution is -0.138. The molecule has 0 radical (unpaired) electrons. The lowest BCUT2D eigenvalue weighted by Crippen LogP contribution is -2.40. The molecule has 32 heavy (non-hydrogen) atoms. The maximum absolute atomic E-state index is 13.0. The van der Waals surface area contributed by atoms with E-state index in [2.05, 4.69) is 22.0 Å². The van der Waals surface area contributed by atoms with Gasteiger partial charge in [0, 0.05) is 24.7 Å². The first-order valence-electron chi connectivity index (χ1n) is 11.1. The molecule has 1 atom stereocenters. The van der Waals surface area contributed by atoms with E-state index in [1.807, 2.05) is 38.1 Å². The van der Waals surface area contributed by atoms with Gasteiger partial charge in [0.1, 0.15) is 17.9 Å².